The molecule has 0 fully saturated rings. The fourth-order valence-corrected chi connectivity index (χ4v) is 1.97. The van der Waals surface area contributed by atoms with E-state index < -0.39 is 23.7 Å². The summed E-state index contributed by atoms with van der Waals surface area (Å²) in [6.45, 7) is 1.44. The second-order valence-corrected chi connectivity index (χ2v) is 5.28. The van der Waals surface area contributed by atoms with E-state index in [1.807, 2.05) is 0 Å². The van der Waals surface area contributed by atoms with E-state index in [4.69, 9.17) is 9.47 Å². The molecule has 2 rings (SSSR count). The maximum Gasteiger partial charge on any atom is 0.279 e. The highest BCUT2D eigenvalue weighted by atomic mass is 19.1. The van der Waals surface area contributed by atoms with Gasteiger partial charge < -0.3 is 9.47 Å². The Bertz CT molecular complexity index is 808. The number of benzene rings is 2. The van der Waals surface area contributed by atoms with Gasteiger partial charge in [0.15, 0.2) is 17.7 Å². The number of hydrogen-bond acceptors (Lipinski definition) is 4. The summed E-state index contributed by atoms with van der Waals surface area (Å²) >= 11 is 0. The molecule has 0 aliphatic heterocycles. The van der Waals surface area contributed by atoms with Crippen LogP contribution in [-0.2, 0) is 9.59 Å². The first-order chi connectivity index (χ1) is 12.5. The number of ether oxygens (including phenoxy) is 2. The Morgan fingerprint density at radius 3 is 2.62 bits per heavy atom. The number of rotatable bonds is 6. The third kappa shape index (κ3) is 5.62. The summed E-state index contributed by atoms with van der Waals surface area (Å²) < 4.78 is 23.8. The summed E-state index contributed by atoms with van der Waals surface area (Å²) in [5, 5.41) is 0. The second-order valence-electron chi connectivity index (χ2n) is 5.28. The van der Waals surface area contributed by atoms with Gasteiger partial charge in [0.25, 0.3) is 11.8 Å². The number of carbonyl (C=O) groups excluding carboxylic acids is 2. The molecule has 0 aliphatic carbocycles. The van der Waals surface area contributed by atoms with Crippen LogP contribution in [-0.4, -0.2) is 25.0 Å². The van der Waals surface area contributed by atoms with Crippen molar-refractivity contribution in [1.29, 1.82) is 0 Å². The largest absolute Gasteiger partial charge is 0.497 e. The predicted octanol–water partition coefficient (Wildman–Crippen LogP) is 2.46. The van der Waals surface area contributed by atoms with Gasteiger partial charge in [0.2, 0.25) is 0 Å². The molecule has 2 amide bonds. The van der Waals surface area contributed by atoms with Gasteiger partial charge in [0.1, 0.15) is 5.75 Å². The van der Waals surface area contributed by atoms with E-state index in [-0.39, 0.29) is 5.75 Å². The SMILES string of the molecule is COc1cccc(C=CC(=O)NNC(=O)C(C)Oc2ccccc2F)c1. The highest BCUT2D eigenvalue weighted by Gasteiger charge is 2.16. The minimum Gasteiger partial charge on any atom is -0.497 e. The minimum atomic E-state index is -0.991. The molecule has 0 spiro atoms. The van der Waals surface area contributed by atoms with Crippen LogP contribution in [0.3, 0.4) is 0 Å². The van der Waals surface area contributed by atoms with Crippen molar-refractivity contribution in [2.24, 2.45) is 0 Å². The van der Waals surface area contributed by atoms with Crippen molar-refractivity contribution in [3.05, 3.63) is 66.0 Å². The Hall–Kier alpha value is -3.35. The van der Waals surface area contributed by atoms with Crippen LogP contribution in [0.4, 0.5) is 4.39 Å². The monoisotopic (exact) mass is 358 g/mol. The van der Waals surface area contributed by atoms with E-state index in [0.29, 0.717) is 5.75 Å². The van der Waals surface area contributed by atoms with E-state index in [1.54, 1.807) is 43.5 Å². The molecule has 2 aromatic carbocycles. The number of amides is 2. The quantitative estimate of drug-likeness (QED) is 0.614. The Morgan fingerprint density at radius 1 is 1.12 bits per heavy atom. The minimum absolute atomic E-state index is 0.0422. The lowest BCUT2D eigenvalue weighted by Crippen LogP contribution is -2.46. The molecule has 26 heavy (non-hydrogen) atoms. The van der Waals surface area contributed by atoms with Gasteiger partial charge in [-0.1, -0.05) is 24.3 Å². The highest BCUT2D eigenvalue weighted by Crippen LogP contribution is 2.17. The molecular weight excluding hydrogens is 339 g/mol. The fraction of sp³-hybridized carbons (Fsp3) is 0.158. The number of halogens is 1. The molecular formula is C19H19FN2O4. The van der Waals surface area contributed by atoms with Crippen LogP contribution in [0.2, 0.25) is 0 Å². The topological polar surface area (TPSA) is 76.7 Å². The number of carbonyl (C=O) groups is 2. The summed E-state index contributed by atoms with van der Waals surface area (Å²) in [5.41, 5.74) is 5.22. The maximum absolute atomic E-state index is 13.5. The van der Waals surface area contributed by atoms with Crippen LogP contribution in [0.1, 0.15) is 12.5 Å². The number of hydrazine groups is 1. The molecule has 2 N–H and O–H groups in total. The normalized spacial score (nSPS) is 11.7. The third-order valence-electron chi connectivity index (χ3n) is 3.34. The number of methoxy groups -OCH3 is 1. The highest BCUT2D eigenvalue weighted by molar-refractivity contribution is 5.93. The lowest BCUT2D eigenvalue weighted by molar-refractivity contribution is -0.131. The zero-order chi connectivity index (χ0) is 18.9. The molecule has 0 aliphatic rings. The first kappa shape index (κ1) is 19.0. The average Bonchev–Trinajstić information content (AvgIpc) is 2.66. The molecule has 0 bridgehead atoms. The molecule has 1 unspecified atom stereocenters. The summed E-state index contributed by atoms with van der Waals surface area (Å²) in [7, 11) is 1.55. The maximum atomic E-state index is 13.5. The summed E-state index contributed by atoms with van der Waals surface area (Å²) in [5.74, 6) is -1.09. The van der Waals surface area contributed by atoms with Gasteiger partial charge in [-0.2, -0.15) is 0 Å². The molecule has 136 valence electrons. The molecule has 6 nitrogen and oxygen atoms in total. The van der Waals surface area contributed by atoms with Gasteiger partial charge in [-0.15, -0.1) is 0 Å². The molecule has 2 aromatic rings. The summed E-state index contributed by atoms with van der Waals surface area (Å²) in [6, 6.07) is 12.9. The first-order valence-electron chi connectivity index (χ1n) is 7.82. The van der Waals surface area contributed by atoms with E-state index >= 15 is 0 Å². The van der Waals surface area contributed by atoms with Gasteiger partial charge in [0, 0.05) is 6.08 Å². The predicted molar refractivity (Wildman–Crippen MR) is 94.8 cm³/mol. The lowest BCUT2D eigenvalue weighted by atomic mass is 10.2. The zero-order valence-electron chi connectivity index (χ0n) is 14.4. The van der Waals surface area contributed by atoms with Crippen molar-refractivity contribution < 1.29 is 23.5 Å². The first-order valence-corrected chi connectivity index (χ1v) is 7.82. The van der Waals surface area contributed by atoms with E-state index in [2.05, 4.69) is 10.9 Å². The van der Waals surface area contributed by atoms with Crippen molar-refractivity contribution in [1.82, 2.24) is 10.9 Å². The van der Waals surface area contributed by atoms with Crippen molar-refractivity contribution in [3.8, 4) is 11.5 Å². The zero-order valence-corrected chi connectivity index (χ0v) is 14.4. The lowest BCUT2D eigenvalue weighted by Gasteiger charge is -2.15. The van der Waals surface area contributed by atoms with Crippen LogP contribution in [0.5, 0.6) is 11.5 Å². The average molecular weight is 358 g/mol. The van der Waals surface area contributed by atoms with Crippen LogP contribution in [0, 0.1) is 5.82 Å². The number of para-hydroxylation sites is 1. The molecule has 0 saturated carbocycles. The van der Waals surface area contributed by atoms with Crippen molar-refractivity contribution in [2.75, 3.05) is 7.11 Å². The van der Waals surface area contributed by atoms with E-state index in [1.165, 1.54) is 31.2 Å². The van der Waals surface area contributed by atoms with Gasteiger partial charge >= 0.3 is 0 Å². The number of nitrogens with one attached hydrogen (secondary N) is 2. The standard InChI is InChI=1S/C19H19FN2O4/c1-13(26-17-9-4-3-8-16(17)20)19(24)22-21-18(23)11-10-14-6-5-7-15(12-14)25-2/h3-13H,1-2H3,(H,21,23)(H,22,24). The fourth-order valence-electron chi connectivity index (χ4n) is 1.97. The van der Waals surface area contributed by atoms with Crippen molar-refractivity contribution in [3.63, 3.8) is 0 Å². The van der Waals surface area contributed by atoms with Crippen molar-refractivity contribution in [2.45, 2.75) is 13.0 Å². The van der Waals surface area contributed by atoms with Crippen LogP contribution >= 0.6 is 0 Å². The van der Waals surface area contributed by atoms with Crippen LogP contribution in [0.25, 0.3) is 6.08 Å². The second kappa shape index (κ2) is 9.22. The molecule has 0 saturated heterocycles. The van der Waals surface area contributed by atoms with Crippen molar-refractivity contribution >= 4 is 17.9 Å². The third-order valence-corrected chi connectivity index (χ3v) is 3.34. The van der Waals surface area contributed by atoms with Crippen LogP contribution < -0.4 is 20.3 Å². The van der Waals surface area contributed by atoms with E-state index in [0.717, 1.165) is 5.56 Å². The molecule has 0 aromatic heterocycles. The van der Waals surface area contributed by atoms with E-state index in [9.17, 15) is 14.0 Å². The molecule has 7 heteroatoms. The Morgan fingerprint density at radius 2 is 1.88 bits per heavy atom. The Balaban J connectivity index is 1.83. The molecule has 0 radical (unpaired) electrons. The molecule has 0 heterocycles. The van der Waals surface area contributed by atoms with Gasteiger partial charge in [-0.3, -0.25) is 20.4 Å². The summed E-state index contributed by atoms with van der Waals surface area (Å²) in [6.07, 6.45) is 1.84. The Kier molecular flexibility index (Phi) is 6.73. The molecule has 1 atom stereocenters. The summed E-state index contributed by atoms with van der Waals surface area (Å²) in [4.78, 5) is 23.7. The van der Waals surface area contributed by atoms with Gasteiger partial charge in [0.05, 0.1) is 7.11 Å². The van der Waals surface area contributed by atoms with Gasteiger partial charge in [-0.05, 0) is 42.8 Å². The Labute approximate surface area is 150 Å². The van der Waals surface area contributed by atoms with Gasteiger partial charge in [-0.25, -0.2) is 4.39 Å². The number of hydrogen-bond donors (Lipinski definition) is 2. The smallest absolute Gasteiger partial charge is 0.279 e. The van der Waals surface area contributed by atoms with Crippen LogP contribution in [0.15, 0.2) is 54.6 Å².